The second kappa shape index (κ2) is 7.33. The van der Waals surface area contributed by atoms with Gasteiger partial charge in [0.25, 0.3) is 0 Å². The maximum absolute atomic E-state index is 10.9. The van der Waals surface area contributed by atoms with Crippen LogP contribution >= 0.6 is 11.8 Å². The Bertz CT molecular complexity index is 457. The van der Waals surface area contributed by atoms with Gasteiger partial charge in [-0.15, -0.1) is 0 Å². The number of hydrogen-bond acceptors (Lipinski definition) is 4. The highest BCUT2D eigenvalue weighted by atomic mass is 32.2. The standard InChI is InChI=1S/C13H19N3O3S/c17-9-14-12(13(18)19)8-20-7-10-5-6-16(15-10)11-3-1-2-4-11/h5-6,9,11-12H,1-4,7-8H2,(H,14,17)(H,18,19). The summed E-state index contributed by atoms with van der Waals surface area (Å²) in [6.45, 7) is 0. The van der Waals surface area contributed by atoms with Crippen LogP contribution < -0.4 is 5.32 Å². The van der Waals surface area contributed by atoms with Gasteiger partial charge in [0.1, 0.15) is 6.04 Å². The van der Waals surface area contributed by atoms with Crippen LogP contribution in [0.25, 0.3) is 0 Å². The highest BCUT2D eigenvalue weighted by molar-refractivity contribution is 7.98. The number of thioether (sulfide) groups is 1. The maximum atomic E-state index is 10.9. The van der Waals surface area contributed by atoms with E-state index in [4.69, 9.17) is 5.11 Å². The van der Waals surface area contributed by atoms with Gasteiger partial charge < -0.3 is 10.4 Å². The number of carbonyl (C=O) groups is 2. The number of aliphatic carboxylic acids is 1. The van der Waals surface area contributed by atoms with Crippen LogP contribution in [-0.4, -0.2) is 39.1 Å². The van der Waals surface area contributed by atoms with Crippen LogP contribution in [0.5, 0.6) is 0 Å². The van der Waals surface area contributed by atoms with E-state index in [1.807, 2.05) is 16.9 Å². The lowest BCUT2D eigenvalue weighted by molar-refractivity contribution is -0.139. The number of amides is 1. The second-order valence-electron chi connectivity index (χ2n) is 4.92. The number of aromatic nitrogens is 2. The summed E-state index contributed by atoms with van der Waals surface area (Å²) in [5.74, 6) is -0.0184. The minimum atomic E-state index is -1.01. The van der Waals surface area contributed by atoms with Gasteiger partial charge in [0.05, 0.1) is 11.7 Å². The molecule has 2 rings (SSSR count). The number of nitrogens with zero attached hydrogens (tertiary/aromatic N) is 2. The first-order chi connectivity index (χ1) is 9.70. The quantitative estimate of drug-likeness (QED) is 0.709. The molecule has 1 atom stereocenters. The van der Waals surface area contributed by atoms with Crippen molar-refractivity contribution in [1.29, 1.82) is 0 Å². The molecule has 1 aromatic heterocycles. The molecule has 0 spiro atoms. The Kier molecular flexibility index (Phi) is 5.46. The monoisotopic (exact) mass is 297 g/mol. The van der Waals surface area contributed by atoms with Crippen molar-refractivity contribution in [1.82, 2.24) is 15.1 Å². The van der Waals surface area contributed by atoms with Crippen LogP contribution in [0, 0.1) is 0 Å². The van der Waals surface area contributed by atoms with E-state index in [2.05, 4.69) is 10.4 Å². The fourth-order valence-corrected chi connectivity index (χ4v) is 3.34. The molecule has 1 aliphatic carbocycles. The van der Waals surface area contributed by atoms with Gasteiger partial charge in [0, 0.05) is 17.7 Å². The van der Waals surface area contributed by atoms with Crippen molar-refractivity contribution in [2.45, 2.75) is 43.5 Å². The smallest absolute Gasteiger partial charge is 0.327 e. The lowest BCUT2D eigenvalue weighted by atomic mass is 10.3. The SMILES string of the molecule is O=CNC(CSCc1ccn(C2CCCC2)n1)C(=O)O. The van der Waals surface area contributed by atoms with Crippen LogP contribution in [0.1, 0.15) is 37.4 Å². The first-order valence-electron chi connectivity index (χ1n) is 6.75. The van der Waals surface area contributed by atoms with Crippen molar-refractivity contribution in [2.75, 3.05) is 5.75 Å². The molecule has 0 bridgehead atoms. The summed E-state index contributed by atoms with van der Waals surface area (Å²) in [4.78, 5) is 21.2. The molecule has 1 fully saturated rings. The van der Waals surface area contributed by atoms with Crippen molar-refractivity contribution in [3.63, 3.8) is 0 Å². The van der Waals surface area contributed by atoms with Crippen LogP contribution in [0.3, 0.4) is 0 Å². The summed E-state index contributed by atoms with van der Waals surface area (Å²) in [5.41, 5.74) is 0.956. The topological polar surface area (TPSA) is 84.2 Å². The number of rotatable bonds is 8. The van der Waals surface area contributed by atoms with Crippen LogP contribution in [-0.2, 0) is 15.3 Å². The lowest BCUT2D eigenvalue weighted by Crippen LogP contribution is -2.37. The lowest BCUT2D eigenvalue weighted by Gasteiger charge is -2.10. The first kappa shape index (κ1) is 14.9. The van der Waals surface area contributed by atoms with Crippen molar-refractivity contribution in [3.8, 4) is 0 Å². The number of carboxylic acid groups (broad SMARTS) is 1. The van der Waals surface area contributed by atoms with E-state index in [1.165, 1.54) is 37.4 Å². The first-order valence-corrected chi connectivity index (χ1v) is 7.90. The molecule has 7 heteroatoms. The predicted octanol–water partition coefficient (Wildman–Crippen LogP) is 1.43. The molecule has 0 radical (unpaired) electrons. The molecule has 6 nitrogen and oxygen atoms in total. The molecule has 0 saturated heterocycles. The minimum Gasteiger partial charge on any atom is -0.480 e. The Balaban J connectivity index is 1.78. The van der Waals surface area contributed by atoms with E-state index in [9.17, 15) is 9.59 Å². The van der Waals surface area contributed by atoms with Gasteiger partial charge in [-0.1, -0.05) is 12.8 Å². The second-order valence-corrected chi connectivity index (χ2v) is 5.95. The van der Waals surface area contributed by atoms with Gasteiger partial charge in [-0.3, -0.25) is 9.48 Å². The molecule has 110 valence electrons. The summed E-state index contributed by atoms with van der Waals surface area (Å²) in [6, 6.07) is 1.67. The molecule has 0 aliphatic heterocycles. The number of nitrogens with one attached hydrogen (secondary N) is 1. The van der Waals surface area contributed by atoms with E-state index < -0.39 is 12.0 Å². The van der Waals surface area contributed by atoms with Crippen LogP contribution in [0.15, 0.2) is 12.3 Å². The molecule has 0 aromatic carbocycles. The van der Waals surface area contributed by atoms with Crippen molar-refractivity contribution >= 4 is 24.1 Å². The van der Waals surface area contributed by atoms with Crippen molar-refractivity contribution in [3.05, 3.63) is 18.0 Å². The summed E-state index contributed by atoms with van der Waals surface area (Å²) < 4.78 is 2.03. The molecule has 1 aliphatic rings. The third kappa shape index (κ3) is 4.00. The third-order valence-corrected chi connectivity index (χ3v) is 4.53. The van der Waals surface area contributed by atoms with E-state index in [1.54, 1.807) is 0 Å². The zero-order valence-electron chi connectivity index (χ0n) is 11.2. The van der Waals surface area contributed by atoms with E-state index in [0.717, 1.165) is 5.69 Å². The van der Waals surface area contributed by atoms with E-state index >= 15 is 0 Å². The van der Waals surface area contributed by atoms with Gasteiger partial charge >= 0.3 is 5.97 Å². The highest BCUT2D eigenvalue weighted by Gasteiger charge is 2.18. The summed E-state index contributed by atoms with van der Waals surface area (Å²) >= 11 is 1.46. The maximum Gasteiger partial charge on any atom is 0.327 e. The Hall–Kier alpha value is -1.50. The minimum absolute atomic E-state index is 0.338. The third-order valence-electron chi connectivity index (χ3n) is 3.46. The van der Waals surface area contributed by atoms with Crippen molar-refractivity contribution in [2.24, 2.45) is 0 Å². The van der Waals surface area contributed by atoms with Gasteiger partial charge in [-0.25, -0.2) is 4.79 Å². The summed E-state index contributed by atoms with van der Waals surface area (Å²) in [6.07, 6.45) is 7.36. The summed E-state index contributed by atoms with van der Waals surface area (Å²) in [7, 11) is 0. The van der Waals surface area contributed by atoms with E-state index in [0.29, 0.717) is 24.0 Å². The Morgan fingerprint density at radius 1 is 1.60 bits per heavy atom. The molecule has 1 heterocycles. The number of carbonyl (C=O) groups excluding carboxylic acids is 1. The normalized spacial score (nSPS) is 17.0. The summed E-state index contributed by atoms with van der Waals surface area (Å²) in [5, 5.41) is 15.7. The Morgan fingerprint density at radius 3 is 3.00 bits per heavy atom. The Morgan fingerprint density at radius 2 is 2.35 bits per heavy atom. The number of carboxylic acids is 1. The molecular weight excluding hydrogens is 278 g/mol. The zero-order valence-corrected chi connectivity index (χ0v) is 12.0. The number of hydrogen-bond donors (Lipinski definition) is 2. The fourth-order valence-electron chi connectivity index (χ4n) is 2.38. The average Bonchev–Trinajstić information content (AvgIpc) is 3.08. The van der Waals surface area contributed by atoms with Crippen LogP contribution in [0.4, 0.5) is 0 Å². The zero-order chi connectivity index (χ0) is 14.4. The fraction of sp³-hybridized carbons (Fsp3) is 0.615. The largest absolute Gasteiger partial charge is 0.480 e. The molecule has 2 N–H and O–H groups in total. The highest BCUT2D eigenvalue weighted by Crippen LogP contribution is 2.29. The average molecular weight is 297 g/mol. The predicted molar refractivity (Wildman–Crippen MR) is 76.5 cm³/mol. The van der Waals surface area contributed by atoms with Crippen LogP contribution in [0.2, 0.25) is 0 Å². The molecule has 1 unspecified atom stereocenters. The van der Waals surface area contributed by atoms with E-state index in [-0.39, 0.29) is 0 Å². The molecular formula is C13H19N3O3S. The molecule has 1 saturated carbocycles. The van der Waals surface area contributed by atoms with Crippen molar-refractivity contribution < 1.29 is 14.7 Å². The van der Waals surface area contributed by atoms with Gasteiger partial charge in [-0.05, 0) is 18.9 Å². The van der Waals surface area contributed by atoms with Gasteiger partial charge in [0.15, 0.2) is 0 Å². The van der Waals surface area contributed by atoms with Gasteiger partial charge in [-0.2, -0.15) is 16.9 Å². The van der Waals surface area contributed by atoms with Gasteiger partial charge in [0.2, 0.25) is 6.41 Å². The molecule has 20 heavy (non-hydrogen) atoms. The Labute approximate surface area is 121 Å². The molecule has 1 aromatic rings. The molecule has 1 amide bonds.